The van der Waals surface area contributed by atoms with Crippen LogP contribution in [0.4, 0.5) is 0 Å². The summed E-state index contributed by atoms with van der Waals surface area (Å²) in [4.78, 5) is 0.588. The van der Waals surface area contributed by atoms with Gasteiger partial charge in [-0.2, -0.15) is 0 Å². The van der Waals surface area contributed by atoms with Crippen LogP contribution in [0.25, 0.3) is 10.8 Å². The van der Waals surface area contributed by atoms with Crippen molar-refractivity contribution in [3.05, 3.63) is 41.8 Å². The Morgan fingerprint density at radius 1 is 1.15 bits per heavy atom. The standard InChI is InChI=1S/C16H17N3O5S2/c1-10-18-19-16(24-10)14-6-7-15(25-14)26(20,21)17-9-11-8-12(22-2)4-5-13(11)23-3/h4-8,17H,9H2,1-3H3. The van der Waals surface area contributed by atoms with Gasteiger partial charge < -0.3 is 13.9 Å². The van der Waals surface area contributed by atoms with E-state index in [1.54, 1.807) is 38.3 Å². The lowest BCUT2D eigenvalue weighted by atomic mass is 10.2. The van der Waals surface area contributed by atoms with Crippen LogP contribution in [0.15, 0.2) is 39.0 Å². The minimum Gasteiger partial charge on any atom is -0.497 e. The SMILES string of the molecule is COc1ccc(OC)c(CNS(=O)(=O)c2ccc(-c3nnc(C)o3)s2)c1. The highest BCUT2D eigenvalue weighted by molar-refractivity contribution is 7.91. The number of ether oxygens (including phenoxy) is 2. The van der Waals surface area contributed by atoms with E-state index in [4.69, 9.17) is 13.9 Å². The molecule has 0 atom stereocenters. The maximum absolute atomic E-state index is 12.6. The lowest BCUT2D eigenvalue weighted by molar-refractivity contribution is 0.398. The molecule has 1 N–H and O–H groups in total. The van der Waals surface area contributed by atoms with Crippen LogP contribution in [0.3, 0.4) is 0 Å². The van der Waals surface area contributed by atoms with Crippen LogP contribution in [0.1, 0.15) is 11.5 Å². The van der Waals surface area contributed by atoms with Crippen molar-refractivity contribution in [2.75, 3.05) is 14.2 Å². The highest BCUT2D eigenvalue weighted by atomic mass is 32.2. The Morgan fingerprint density at radius 2 is 1.96 bits per heavy atom. The van der Waals surface area contributed by atoms with Gasteiger partial charge in [0.2, 0.25) is 15.9 Å². The molecule has 0 aliphatic heterocycles. The smallest absolute Gasteiger partial charge is 0.257 e. The monoisotopic (exact) mass is 395 g/mol. The molecule has 0 fully saturated rings. The molecule has 0 aliphatic carbocycles. The lowest BCUT2D eigenvalue weighted by Gasteiger charge is -2.11. The van der Waals surface area contributed by atoms with Crippen LogP contribution in [-0.2, 0) is 16.6 Å². The van der Waals surface area contributed by atoms with Gasteiger partial charge in [0.25, 0.3) is 5.89 Å². The Morgan fingerprint density at radius 3 is 2.62 bits per heavy atom. The molecule has 0 bridgehead atoms. The molecule has 138 valence electrons. The fourth-order valence-corrected chi connectivity index (χ4v) is 4.52. The predicted octanol–water partition coefficient (Wildman–Crippen LogP) is 2.60. The summed E-state index contributed by atoms with van der Waals surface area (Å²) in [6, 6.07) is 8.34. The number of methoxy groups -OCH3 is 2. The average molecular weight is 395 g/mol. The molecule has 0 radical (unpaired) electrons. The summed E-state index contributed by atoms with van der Waals surface area (Å²) < 4.78 is 43.6. The zero-order valence-electron chi connectivity index (χ0n) is 14.3. The zero-order valence-corrected chi connectivity index (χ0v) is 16.0. The first-order valence-corrected chi connectivity index (χ1v) is 9.84. The summed E-state index contributed by atoms with van der Waals surface area (Å²) in [5.74, 6) is 1.90. The summed E-state index contributed by atoms with van der Waals surface area (Å²) in [6.45, 7) is 1.74. The van der Waals surface area contributed by atoms with Crippen LogP contribution < -0.4 is 14.2 Å². The zero-order chi connectivity index (χ0) is 18.7. The van der Waals surface area contributed by atoms with E-state index in [1.165, 1.54) is 13.2 Å². The largest absolute Gasteiger partial charge is 0.497 e. The van der Waals surface area contributed by atoms with Gasteiger partial charge in [-0.25, -0.2) is 13.1 Å². The van der Waals surface area contributed by atoms with Gasteiger partial charge in [-0.05, 0) is 30.3 Å². The first-order chi connectivity index (χ1) is 12.4. The number of aryl methyl sites for hydroxylation is 1. The van der Waals surface area contributed by atoms with E-state index in [1.807, 2.05) is 0 Å². The Bertz CT molecular complexity index is 1010. The number of thiophene rings is 1. The molecule has 3 aromatic rings. The number of aromatic nitrogens is 2. The average Bonchev–Trinajstić information content (AvgIpc) is 3.29. The van der Waals surface area contributed by atoms with Crippen molar-refractivity contribution in [3.8, 4) is 22.3 Å². The van der Waals surface area contributed by atoms with E-state index in [2.05, 4.69) is 14.9 Å². The quantitative estimate of drug-likeness (QED) is 0.656. The van der Waals surface area contributed by atoms with Crippen LogP contribution in [0.2, 0.25) is 0 Å². The minimum atomic E-state index is -3.70. The number of rotatable bonds is 7. The molecule has 0 aliphatic rings. The highest BCUT2D eigenvalue weighted by Crippen LogP contribution is 2.30. The van der Waals surface area contributed by atoms with Crippen LogP contribution in [0, 0.1) is 6.92 Å². The normalized spacial score (nSPS) is 11.5. The van der Waals surface area contributed by atoms with E-state index in [0.717, 1.165) is 11.3 Å². The fourth-order valence-electron chi connectivity index (χ4n) is 2.24. The van der Waals surface area contributed by atoms with E-state index < -0.39 is 10.0 Å². The Hall–Kier alpha value is -2.43. The molecule has 26 heavy (non-hydrogen) atoms. The molecular weight excluding hydrogens is 378 g/mol. The van der Waals surface area contributed by atoms with Crippen LogP contribution in [-0.4, -0.2) is 32.8 Å². The second kappa shape index (κ2) is 7.44. The molecule has 10 heteroatoms. The van der Waals surface area contributed by atoms with Gasteiger partial charge in [0.1, 0.15) is 15.7 Å². The Kier molecular flexibility index (Phi) is 5.25. The highest BCUT2D eigenvalue weighted by Gasteiger charge is 2.20. The molecule has 0 unspecified atom stereocenters. The van der Waals surface area contributed by atoms with E-state index >= 15 is 0 Å². The first-order valence-electron chi connectivity index (χ1n) is 7.54. The number of nitrogens with zero attached hydrogens (tertiary/aromatic N) is 2. The van der Waals surface area contributed by atoms with Crippen molar-refractivity contribution < 1.29 is 22.3 Å². The summed E-state index contributed by atoms with van der Waals surface area (Å²) in [5, 5.41) is 7.64. The van der Waals surface area contributed by atoms with E-state index in [0.29, 0.717) is 33.7 Å². The first kappa shape index (κ1) is 18.4. The van der Waals surface area contributed by atoms with Crippen molar-refractivity contribution in [1.29, 1.82) is 0 Å². The summed E-state index contributed by atoms with van der Waals surface area (Å²) >= 11 is 1.06. The summed E-state index contributed by atoms with van der Waals surface area (Å²) in [7, 11) is -0.632. The van der Waals surface area contributed by atoms with Crippen molar-refractivity contribution in [1.82, 2.24) is 14.9 Å². The second-order valence-corrected chi connectivity index (χ2v) is 8.32. The number of benzene rings is 1. The molecule has 1 aromatic carbocycles. The number of sulfonamides is 1. The fraction of sp³-hybridized carbons (Fsp3) is 0.250. The van der Waals surface area contributed by atoms with Crippen LogP contribution in [0.5, 0.6) is 11.5 Å². The van der Waals surface area contributed by atoms with Crippen molar-refractivity contribution in [2.24, 2.45) is 0 Å². The molecular formula is C16H17N3O5S2. The molecule has 2 aromatic heterocycles. The third kappa shape index (κ3) is 3.87. The third-order valence-corrected chi connectivity index (χ3v) is 6.49. The van der Waals surface area contributed by atoms with Gasteiger partial charge in [-0.15, -0.1) is 21.5 Å². The lowest BCUT2D eigenvalue weighted by Crippen LogP contribution is -2.22. The number of hydrogen-bond donors (Lipinski definition) is 1. The van der Waals surface area contributed by atoms with E-state index in [-0.39, 0.29) is 10.8 Å². The Labute approximate surface area is 154 Å². The number of nitrogens with one attached hydrogen (secondary N) is 1. The predicted molar refractivity (Wildman–Crippen MR) is 95.9 cm³/mol. The third-order valence-electron chi connectivity index (χ3n) is 3.52. The topological polar surface area (TPSA) is 104 Å². The van der Waals surface area contributed by atoms with Gasteiger partial charge in [-0.1, -0.05) is 0 Å². The van der Waals surface area contributed by atoms with Gasteiger partial charge >= 0.3 is 0 Å². The van der Waals surface area contributed by atoms with E-state index in [9.17, 15) is 8.42 Å². The van der Waals surface area contributed by atoms with Crippen molar-refractivity contribution in [3.63, 3.8) is 0 Å². The molecule has 0 amide bonds. The molecule has 3 rings (SSSR count). The number of hydrogen-bond acceptors (Lipinski definition) is 8. The van der Waals surface area contributed by atoms with Gasteiger partial charge in [-0.3, -0.25) is 0 Å². The maximum atomic E-state index is 12.6. The minimum absolute atomic E-state index is 0.0651. The molecule has 0 saturated carbocycles. The van der Waals surface area contributed by atoms with Crippen molar-refractivity contribution >= 4 is 21.4 Å². The molecule has 2 heterocycles. The van der Waals surface area contributed by atoms with Gasteiger partial charge in [0, 0.05) is 19.0 Å². The molecule has 8 nitrogen and oxygen atoms in total. The van der Waals surface area contributed by atoms with Gasteiger partial charge in [0.15, 0.2) is 0 Å². The second-order valence-electron chi connectivity index (χ2n) is 5.25. The Balaban J connectivity index is 1.79. The molecule has 0 saturated heterocycles. The van der Waals surface area contributed by atoms with Crippen molar-refractivity contribution in [2.45, 2.75) is 17.7 Å². The van der Waals surface area contributed by atoms with Gasteiger partial charge in [0.05, 0.1) is 19.1 Å². The van der Waals surface area contributed by atoms with Crippen LogP contribution >= 0.6 is 11.3 Å². The summed E-state index contributed by atoms with van der Waals surface area (Å²) in [6.07, 6.45) is 0. The summed E-state index contributed by atoms with van der Waals surface area (Å²) in [5.41, 5.74) is 0.666. The molecule has 0 spiro atoms. The maximum Gasteiger partial charge on any atom is 0.257 e.